The second kappa shape index (κ2) is 9.74. The Labute approximate surface area is 177 Å². The van der Waals surface area contributed by atoms with E-state index < -0.39 is 5.92 Å². The summed E-state index contributed by atoms with van der Waals surface area (Å²) >= 11 is 0. The van der Waals surface area contributed by atoms with Crippen LogP contribution in [-0.4, -0.2) is 43.5 Å². The summed E-state index contributed by atoms with van der Waals surface area (Å²) in [5.74, 6) is -0.186. The lowest BCUT2D eigenvalue weighted by atomic mass is 9.88. The Balaban J connectivity index is 1.81. The van der Waals surface area contributed by atoms with Crippen LogP contribution in [0.3, 0.4) is 0 Å². The number of rotatable bonds is 7. The second-order valence-corrected chi connectivity index (χ2v) is 8.18. The van der Waals surface area contributed by atoms with Gasteiger partial charge in [0, 0.05) is 31.1 Å². The monoisotopic (exact) mass is 412 g/mol. The van der Waals surface area contributed by atoms with Crippen LogP contribution >= 0.6 is 0 Å². The molecule has 0 aromatic heterocycles. The van der Waals surface area contributed by atoms with Gasteiger partial charge < -0.3 is 15.0 Å². The third kappa shape index (κ3) is 5.17. The molecule has 0 radical (unpaired) electrons. The lowest BCUT2D eigenvalue weighted by Crippen LogP contribution is -2.36. The van der Waals surface area contributed by atoms with Crippen LogP contribution in [0.4, 0.5) is 4.39 Å². The molecule has 1 saturated heterocycles. The first-order valence-corrected chi connectivity index (χ1v) is 10.4. The van der Waals surface area contributed by atoms with E-state index in [9.17, 15) is 14.0 Å². The zero-order valence-corrected chi connectivity index (χ0v) is 17.7. The van der Waals surface area contributed by atoms with Gasteiger partial charge in [0.25, 0.3) is 5.91 Å². The van der Waals surface area contributed by atoms with E-state index in [-0.39, 0.29) is 23.5 Å². The Morgan fingerprint density at radius 2 is 1.93 bits per heavy atom. The van der Waals surface area contributed by atoms with Crippen LogP contribution in [0, 0.1) is 17.7 Å². The standard InChI is InChI=1S/C24H29FN2O3/c1-16(2)10-11-26-23(28)22-15-27(14-21(22)17-6-4-8-19(25)12-17)24(29)18-7-5-9-20(13-18)30-3/h4-9,12-13,16,21-22H,10-11,14-15H2,1-3H3,(H,26,28)/t21-,22+/m1/s1. The van der Waals surface area contributed by atoms with Crippen LogP contribution in [0.1, 0.15) is 42.1 Å². The van der Waals surface area contributed by atoms with Crippen molar-refractivity contribution in [3.05, 3.63) is 65.5 Å². The number of likely N-dealkylation sites (tertiary alicyclic amines) is 1. The van der Waals surface area contributed by atoms with E-state index in [0.717, 1.165) is 12.0 Å². The molecular weight excluding hydrogens is 383 g/mol. The van der Waals surface area contributed by atoms with Gasteiger partial charge in [-0.05, 0) is 48.2 Å². The molecule has 30 heavy (non-hydrogen) atoms. The topological polar surface area (TPSA) is 58.6 Å². The van der Waals surface area contributed by atoms with Gasteiger partial charge in [-0.2, -0.15) is 0 Å². The van der Waals surface area contributed by atoms with Gasteiger partial charge in [0.05, 0.1) is 13.0 Å². The summed E-state index contributed by atoms with van der Waals surface area (Å²) in [5.41, 5.74) is 1.24. The lowest BCUT2D eigenvalue weighted by molar-refractivity contribution is -0.124. The number of halogens is 1. The van der Waals surface area contributed by atoms with Crippen molar-refractivity contribution in [1.82, 2.24) is 10.2 Å². The van der Waals surface area contributed by atoms with Crippen LogP contribution < -0.4 is 10.1 Å². The fourth-order valence-electron chi connectivity index (χ4n) is 3.86. The molecule has 1 heterocycles. The summed E-state index contributed by atoms with van der Waals surface area (Å²) in [7, 11) is 1.55. The fourth-order valence-corrected chi connectivity index (χ4v) is 3.86. The number of nitrogens with one attached hydrogen (secondary N) is 1. The van der Waals surface area contributed by atoms with Crippen molar-refractivity contribution in [3.63, 3.8) is 0 Å². The number of hydrogen-bond donors (Lipinski definition) is 1. The molecule has 0 saturated carbocycles. The van der Waals surface area contributed by atoms with Gasteiger partial charge in [0.1, 0.15) is 11.6 Å². The van der Waals surface area contributed by atoms with Crippen molar-refractivity contribution in [2.75, 3.05) is 26.7 Å². The Morgan fingerprint density at radius 3 is 2.63 bits per heavy atom. The number of carbonyl (C=O) groups is 2. The maximum absolute atomic E-state index is 13.8. The van der Waals surface area contributed by atoms with E-state index in [1.54, 1.807) is 42.3 Å². The molecule has 6 heteroatoms. The van der Waals surface area contributed by atoms with Crippen molar-refractivity contribution < 1.29 is 18.7 Å². The summed E-state index contributed by atoms with van der Waals surface area (Å²) < 4.78 is 19.1. The average molecular weight is 413 g/mol. The molecule has 1 aliphatic heterocycles. The minimum absolute atomic E-state index is 0.0918. The molecule has 0 bridgehead atoms. The van der Waals surface area contributed by atoms with E-state index >= 15 is 0 Å². The molecule has 2 atom stereocenters. The van der Waals surface area contributed by atoms with Crippen molar-refractivity contribution in [2.45, 2.75) is 26.2 Å². The molecule has 1 fully saturated rings. The van der Waals surface area contributed by atoms with Crippen LogP contribution in [0.25, 0.3) is 0 Å². The third-order valence-electron chi connectivity index (χ3n) is 5.56. The molecule has 1 aliphatic rings. The van der Waals surface area contributed by atoms with Gasteiger partial charge in [-0.1, -0.05) is 32.0 Å². The number of amides is 2. The Hall–Kier alpha value is -2.89. The quantitative estimate of drug-likeness (QED) is 0.752. The zero-order valence-electron chi connectivity index (χ0n) is 17.7. The van der Waals surface area contributed by atoms with Gasteiger partial charge in [0.2, 0.25) is 5.91 Å². The summed E-state index contributed by atoms with van der Waals surface area (Å²) in [6, 6.07) is 13.3. The van der Waals surface area contributed by atoms with Crippen molar-refractivity contribution in [2.24, 2.45) is 11.8 Å². The number of hydrogen-bond acceptors (Lipinski definition) is 3. The number of benzene rings is 2. The fraction of sp³-hybridized carbons (Fsp3) is 0.417. The van der Waals surface area contributed by atoms with Gasteiger partial charge in [-0.15, -0.1) is 0 Å². The van der Waals surface area contributed by atoms with E-state index in [1.165, 1.54) is 12.1 Å². The summed E-state index contributed by atoms with van der Waals surface area (Å²) in [6.07, 6.45) is 0.884. The molecule has 0 spiro atoms. The Morgan fingerprint density at radius 1 is 1.17 bits per heavy atom. The van der Waals surface area contributed by atoms with Crippen molar-refractivity contribution >= 4 is 11.8 Å². The highest BCUT2D eigenvalue weighted by atomic mass is 19.1. The smallest absolute Gasteiger partial charge is 0.254 e. The van der Waals surface area contributed by atoms with Crippen LogP contribution in [-0.2, 0) is 4.79 Å². The number of ether oxygens (including phenoxy) is 1. The first kappa shape index (κ1) is 21.8. The molecule has 2 aromatic rings. The summed E-state index contributed by atoms with van der Waals surface area (Å²) in [4.78, 5) is 27.7. The van der Waals surface area contributed by atoms with Gasteiger partial charge >= 0.3 is 0 Å². The second-order valence-electron chi connectivity index (χ2n) is 8.18. The van der Waals surface area contributed by atoms with Crippen LogP contribution in [0.15, 0.2) is 48.5 Å². The SMILES string of the molecule is COc1cccc(C(=O)N2C[C@H](C(=O)NCCC(C)C)[C@@H](c3cccc(F)c3)C2)c1. The minimum atomic E-state index is -0.423. The maximum Gasteiger partial charge on any atom is 0.254 e. The van der Waals surface area contributed by atoms with E-state index in [0.29, 0.717) is 36.9 Å². The van der Waals surface area contributed by atoms with Crippen molar-refractivity contribution in [1.29, 1.82) is 0 Å². The number of methoxy groups -OCH3 is 1. The highest BCUT2D eigenvalue weighted by molar-refractivity contribution is 5.95. The third-order valence-corrected chi connectivity index (χ3v) is 5.56. The number of carbonyl (C=O) groups excluding carboxylic acids is 2. The maximum atomic E-state index is 13.8. The first-order valence-electron chi connectivity index (χ1n) is 10.4. The largest absolute Gasteiger partial charge is 0.497 e. The highest BCUT2D eigenvalue weighted by Gasteiger charge is 2.40. The van der Waals surface area contributed by atoms with Gasteiger partial charge in [0.15, 0.2) is 0 Å². The Kier molecular flexibility index (Phi) is 7.08. The van der Waals surface area contributed by atoms with Crippen LogP contribution in [0.5, 0.6) is 5.75 Å². The lowest BCUT2D eigenvalue weighted by Gasteiger charge is -2.18. The molecule has 160 valence electrons. The molecule has 2 aromatic carbocycles. The predicted octanol–water partition coefficient (Wildman–Crippen LogP) is 3.85. The normalized spacial score (nSPS) is 18.5. The van der Waals surface area contributed by atoms with Crippen LogP contribution in [0.2, 0.25) is 0 Å². The highest BCUT2D eigenvalue weighted by Crippen LogP contribution is 2.34. The first-order chi connectivity index (χ1) is 14.4. The van der Waals surface area contributed by atoms with E-state index in [4.69, 9.17) is 4.74 Å². The number of nitrogens with zero attached hydrogens (tertiary/aromatic N) is 1. The van der Waals surface area contributed by atoms with Gasteiger partial charge in [-0.3, -0.25) is 9.59 Å². The predicted molar refractivity (Wildman–Crippen MR) is 114 cm³/mol. The molecule has 2 amide bonds. The summed E-state index contributed by atoms with van der Waals surface area (Å²) in [5, 5.41) is 3.00. The van der Waals surface area contributed by atoms with E-state index in [1.807, 2.05) is 6.07 Å². The molecule has 1 N–H and O–H groups in total. The minimum Gasteiger partial charge on any atom is -0.497 e. The molecule has 0 unspecified atom stereocenters. The Bertz CT molecular complexity index is 900. The molecule has 5 nitrogen and oxygen atoms in total. The van der Waals surface area contributed by atoms with Crippen molar-refractivity contribution in [3.8, 4) is 5.75 Å². The van der Waals surface area contributed by atoms with Gasteiger partial charge in [-0.25, -0.2) is 4.39 Å². The average Bonchev–Trinajstić information content (AvgIpc) is 3.18. The zero-order chi connectivity index (χ0) is 21.7. The summed E-state index contributed by atoms with van der Waals surface area (Å²) in [6.45, 7) is 5.46. The molecular formula is C24H29FN2O3. The molecule has 3 rings (SSSR count). The molecule has 0 aliphatic carbocycles. The van der Waals surface area contributed by atoms with E-state index in [2.05, 4.69) is 19.2 Å².